The van der Waals surface area contributed by atoms with E-state index in [0.717, 1.165) is 11.1 Å². The molecule has 1 N–H and O–H groups in total. The van der Waals surface area contributed by atoms with E-state index in [1.807, 2.05) is 48.7 Å². The number of aromatic nitrogens is 2. The summed E-state index contributed by atoms with van der Waals surface area (Å²) >= 11 is 1.29. The lowest BCUT2D eigenvalue weighted by atomic mass is 9.98. The molecule has 9 heteroatoms. The molecule has 3 heterocycles. The van der Waals surface area contributed by atoms with Gasteiger partial charge in [0, 0.05) is 28.3 Å². The molecular weight excluding hydrogens is 518 g/mol. The number of pyridine rings is 1. The van der Waals surface area contributed by atoms with Crippen LogP contribution in [0.25, 0.3) is 38.3 Å². The lowest BCUT2D eigenvalue weighted by molar-refractivity contribution is -0.138. The number of aliphatic carboxylic acids is 1. The van der Waals surface area contributed by atoms with Crippen molar-refractivity contribution in [1.29, 1.82) is 0 Å². The summed E-state index contributed by atoms with van der Waals surface area (Å²) in [4.78, 5) is 19.9. The summed E-state index contributed by atoms with van der Waals surface area (Å²) in [6.07, 6.45) is 2.10. The van der Waals surface area contributed by atoms with Crippen molar-refractivity contribution in [3.05, 3.63) is 101 Å². The number of hydrogen-bond acceptors (Lipinski definition) is 5. The Morgan fingerprint density at radius 1 is 1.13 bits per heavy atom. The fourth-order valence-corrected chi connectivity index (χ4v) is 7.19. The van der Waals surface area contributed by atoms with Gasteiger partial charge in [-0.1, -0.05) is 42.0 Å². The van der Waals surface area contributed by atoms with Gasteiger partial charge in [0.05, 0.1) is 23.1 Å². The molecule has 5 aromatic rings. The van der Waals surface area contributed by atoms with Crippen LogP contribution in [0, 0.1) is 19.4 Å². The van der Waals surface area contributed by atoms with Crippen molar-refractivity contribution in [2.45, 2.75) is 24.2 Å². The first kappa shape index (κ1) is 24.1. The van der Waals surface area contributed by atoms with E-state index in [9.17, 15) is 18.3 Å². The smallest absolute Gasteiger partial charge is 0.307 e. The van der Waals surface area contributed by atoms with Crippen LogP contribution in [0.3, 0.4) is 0 Å². The van der Waals surface area contributed by atoms with Crippen molar-refractivity contribution in [2.24, 2.45) is 5.92 Å². The highest BCUT2D eigenvalue weighted by molar-refractivity contribution is 7.90. The maximum atomic E-state index is 14.3. The Bertz CT molecular complexity index is 1880. The van der Waals surface area contributed by atoms with Gasteiger partial charge in [0.2, 0.25) is 5.00 Å². The van der Waals surface area contributed by atoms with Crippen LogP contribution in [-0.2, 0) is 14.8 Å². The summed E-state index contributed by atoms with van der Waals surface area (Å²) in [5, 5.41) is 12.4. The molecule has 2 unspecified atom stereocenters. The molecule has 7 nitrogen and oxygen atoms in total. The molecule has 0 aliphatic heterocycles. The van der Waals surface area contributed by atoms with Gasteiger partial charge in [-0.2, -0.15) is 11.3 Å². The molecule has 0 saturated heterocycles. The number of nitrogens with zero attached hydrogens (tertiary/aromatic N) is 3. The van der Waals surface area contributed by atoms with E-state index in [2.05, 4.69) is 9.83 Å². The number of thiophene rings is 1. The van der Waals surface area contributed by atoms with E-state index < -0.39 is 21.9 Å². The predicted octanol–water partition coefficient (Wildman–Crippen LogP) is 6.72. The van der Waals surface area contributed by atoms with Gasteiger partial charge in [-0.05, 0) is 60.5 Å². The number of benzene rings is 2. The number of carbonyl (C=O) groups is 1. The molecule has 0 amide bonds. The van der Waals surface area contributed by atoms with E-state index in [4.69, 9.17) is 6.57 Å². The van der Waals surface area contributed by atoms with E-state index >= 15 is 0 Å². The summed E-state index contributed by atoms with van der Waals surface area (Å²) in [7, 11) is -4.11. The monoisotopic (exact) mass is 539 g/mol. The van der Waals surface area contributed by atoms with Crippen LogP contribution >= 0.6 is 11.3 Å². The van der Waals surface area contributed by atoms with E-state index in [-0.39, 0.29) is 16.5 Å². The highest BCUT2D eigenvalue weighted by Gasteiger charge is 2.44. The molecule has 1 aliphatic carbocycles. The van der Waals surface area contributed by atoms with Crippen LogP contribution in [0.1, 0.15) is 23.5 Å². The highest BCUT2D eigenvalue weighted by Crippen LogP contribution is 2.50. The molecule has 2 aromatic carbocycles. The highest BCUT2D eigenvalue weighted by atomic mass is 32.2. The maximum absolute atomic E-state index is 14.3. The fraction of sp³-hybridized carbons (Fsp3) is 0.138. The SMILES string of the molecule is [C-]#[N+]c1sccc1-c1c(-c2cccc(C3CC3C(=O)O)c2)n(S(=O)(=O)c2ccc(C)cc2)c2ncccc12. The van der Waals surface area contributed by atoms with Crippen molar-refractivity contribution < 1.29 is 18.3 Å². The Morgan fingerprint density at radius 3 is 2.63 bits per heavy atom. The summed E-state index contributed by atoms with van der Waals surface area (Å²) in [6.45, 7) is 9.61. The second kappa shape index (κ2) is 8.94. The molecule has 0 radical (unpaired) electrons. The number of fused-ring (bicyclic) bond motifs is 1. The minimum atomic E-state index is -4.11. The van der Waals surface area contributed by atoms with Gasteiger partial charge in [-0.25, -0.2) is 22.2 Å². The van der Waals surface area contributed by atoms with Crippen molar-refractivity contribution in [1.82, 2.24) is 8.96 Å². The molecule has 1 saturated carbocycles. The maximum Gasteiger partial charge on any atom is 0.307 e. The molecule has 3 aromatic heterocycles. The molecular formula is C29H21N3O4S2. The first-order valence-electron chi connectivity index (χ1n) is 11.9. The largest absolute Gasteiger partial charge is 0.481 e. The average Bonchev–Trinajstić information content (AvgIpc) is 3.46. The van der Waals surface area contributed by atoms with Gasteiger partial charge in [-0.15, -0.1) is 0 Å². The van der Waals surface area contributed by atoms with Crippen LogP contribution in [0.4, 0.5) is 5.00 Å². The number of carboxylic acids is 1. The van der Waals surface area contributed by atoms with Gasteiger partial charge < -0.3 is 5.11 Å². The minimum Gasteiger partial charge on any atom is -0.481 e. The number of hydrogen-bond donors (Lipinski definition) is 1. The first-order valence-corrected chi connectivity index (χ1v) is 14.2. The summed E-state index contributed by atoms with van der Waals surface area (Å²) < 4.78 is 29.8. The Balaban J connectivity index is 1.70. The van der Waals surface area contributed by atoms with E-state index in [0.29, 0.717) is 39.2 Å². The first-order chi connectivity index (χ1) is 18.3. The predicted molar refractivity (Wildman–Crippen MR) is 147 cm³/mol. The zero-order valence-corrected chi connectivity index (χ0v) is 21.8. The molecule has 1 fully saturated rings. The quantitative estimate of drug-likeness (QED) is 0.242. The van der Waals surface area contributed by atoms with Crippen molar-refractivity contribution in [3.8, 4) is 22.4 Å². The van der Waals surface area contributed by atoms with Gasteiger partial charge >= 0.3 is 5.97 Å². The fourth-order valence-electron chi connectivity index (χ4n) is 5.00. The summed E-state index contributed by atoms with van der Waals surface area (Å²) in [5.41, 5.74) is 4.30. The van der Waals surface area contributed by atoms with Crippen molar-refractivity contribution in [2.75, 3.05) is 0 Å². The third kappa shape index (κ3) is 3.81. The van der Waals surface area contributed by atoms with Crippen LogP contribution in [0.2, 0.25) is 0 Å². The molecule has 188 valence electrons. The third-order valence-electron chi connectivity index (χ3n) is 6.96. The number of aryl methyl sites for hydroxylation is 1. The van der Waals surface area contributed by atoms with Crippen molar-refractivity contribution in [3.63, 3.8) is 0 Å². The zero-order chi connectivity index (χ0) is 26.6. The normalized spacial score (nSPS) is 16.8. The van der Waals surface area contributed by atoms with Gasteiger partial charge in [0.1, 0.15) is 0 Å². The van der Waals surface area contributed by atoms with E-state index in [1.54, 1.807) is 36.5 Å². The van der Waals surface area contributed by atoms with Crippen LogP contribution in [0.5, 0.6) is 0 Å². The molecule has 38 heavy (non-hydrogen) atoms. The molecule has 2 atom stereocenters. The zero-order valence-electron chi connectivity index (χ0n) is 20.2. The molecule has 0 bridgehead atoms. The Morgan fingerprint density at radius 2 is 1.92 bits per heavy atom. The molecule has 0 spiro atoms. The Hall–Kier alpha value is -4.26. The lowest BCUT2D eigenvalue weighted by Gasteiger charge is -2.14. The van der Waals surface area contributed by atoms with Crippen LogP contribution in [0.15, 0.2) is 83.2 Å². The van der Waals surface area contributed by atoms with Gasteiger partial charge in [-0.3, -0.25) is 4.79 Å². The van der Waals surface area contributed by atoms with Gasteiger partial charge in [0.15, 0.2) is 5.65 Å². The summed E-state index contributed by atoms with van der Waals surface area (Å²) in [5.74, 6) is -1.40. The number of rotatable bonds is 6. The lowest BCUT2D eigenvalue weighted by Crippen LogP contribution is -2.15. The van der Waals surface area contributed by atoms with Crippen molar-refractivity contribution >= 4 is 43.4 Å². The average molecular weight is 540 g/mol. The second-order valence-corrected chi connectivity index (χ2v) is 12.0. The van der Waals surface area contributed by atoms with Crippen LogP contribution < -0.4 is 0 Å². The third-order valence-corrected chi connectivity index (χ3v) is 9.47. The van der Waals surface area contributed by atoms with Crippen LogP contribution in [-0.4, -0.2) is 28.5 Å². The molecule has 1 aliphatic rings. The van der Waals surface area contributed by atoms with E-state index in [1.165, 1.54) is 15.3 Å². The number of carboxylic acid groups (broad SMARTS) is 1. The molecule has 6 rings (SSSR count). The Kier molecular flexibility index (Phi) is 5.67. The Labute approximate surface area is 223 Å². The minimum absolute atomic E-state index is 0.124. The topological polar surface area (TPSA) is 93.6 Å². The second-order valence-electron chi connectivity index (χ2n) is 9.34. The summed E-state index contributed by atoms with van der Waals surface area (Å²) in [6, 6.07) is 19.5. The standard InChI is InChI=1S/C29H21N3O4S2/c1-17-8-10-20(11-9-17)38(35,36)32-26(19-6-3-5-18(15-19)23-16-24(23)29(33)34)25(21-7-4-13-31-27(21)32)22-12-14-37-28(22)30-2/h3-15,23-24H,16H2,1H3,(H,33,34). The van der Waals surface area contributed by atoms with Gasteiger partial charge in [0.25, 0.3) is 10.0 Å².